The van der Waals surface area contributed by atoms with Gasteiger partial charge in [-0.1, -0.05) is 11.6 Å². The fourth-order valence-corrected chi connectivity index (χ4v) is 1.83. The molecule has 0 aliphatic heterocycles. The number of hydrogen-bond donors (Lipinski definition) is 3. The number of aryl methyl sites for hydroxylation is 1. The van der Waals surface area contributed by atoms with E-state index in [9.17, 15) is 0 Å². The third-order valence-corrected chi connectivity index (χ3v) is 2.71. The second-order valence-corrected chi connectivity index (χ2v) is 4.06. The Bertz CT molecular complexity index is 459. The molecule has 0 spiro atoms. The van der Waals surface area contributed by atoms with E-state index < -0.39 is 0 Å². The summed E-state index contributed by atoms with van der Waals surface area (Å²) in [6.07, 6.45) is 2.86. The number of aromatic nitrogens is 1. The molecule has 2 rings (SSSR count). The van der Waals surface area contributed by atoms with Crippen LogP contribution in [-0.4, -0.2) is 17.6 Å². The minimum Gasteiger partial charge on any atom is -0.361 e. The summed E-state index contributed by atoms with van der Waals surface area (Å²) in [6.45, 7) is 2.62. The zero-order valence-electron chi connectivity index (χ0n) is 8.96. The van der Waals surface area contributed by atoms with Crippen LogP contribution in [0.2, 0.25) is 0 Å². The molecule has 0 unspecified atom stereocenters. The predicted octanol–water partition coefficient (Wildman–Crippen LogP) is 1.30. The number of benzene rings is 1. The zero-order valence-corrected chi connectivity index (χ0v) is 8.96. The Balaban J connectivity index is 2.39. The lowest BCUT2D eigenvalue weighted by Gasteiger charge is -2.07. The Morgan fingerprint density at radius 3 is 2.93 bits per heavy atom. The van der Waals surface area contributed by atoms with E-state index in [1.807, 2.05) is 6.20 Å². The molecule has 0 aliphatic rings. The number of nitrogens with two attached hydrogens (primary N) is 2. The van der Waals surface area contributed by atoms with E-state index in [1.54, 1.807) is 0 Å². The van der Waals surface area contributed by atoms with Crippen molar-refractivity contribution in [2.45, 2.75) is 19.4 Å². The minimum atomic E-state index is 0.0458. The fraction of sp³-hybridized carbons (Fsp3) is 0.333. The molecular formula is C12H17N3. The highest BCUT2D eigenvalue weighted by molar-refractivity contribution is 5.83. The van der Waals surface area contributed by atoms with Crippen LogP contribution in [0.5, 0.6) is 0 Å². The summed E-state index contributed by atoms with van der Waals surface area (Å²) in [4.78, 5) is 3.25. The molecule has 5 N–H and O–H groups in total. The molecule has 80 valence electrons. The van der Waals surface area contributed by atoms with Crippen molar-refractivity contribution >= 4 is 10.9 Å². The maximum absolute atomic E-state index is 5.85. The normalized spacial score (nSPS) is 13.3. The van der Waals surface area contributed by atoms with Crippen molar-refractivity contribution in [2.24, 2.45) is 11.5 Å². The van der Waals surface area contributed by atoms with Gasteiger partial charge in [-0.05, 0) is 31.0 Å². The third-order valence-electron chi connectivity index (χ3n) is 2.71. The number of rotatable bonds is 3. The Morgan fingerprint density at radius 2 is 2.20 bits per heavy atom. The average molecular weight is 203 g/mol. The SMILES string of the molecule is Cc1ccc2[nH]cc(C[C@@H](N)CN)c2c1. The molecule has 1 heterocycles. The smallest absolute Gasteiger partial charge is 0.0456 e. The van der Waals surface area contributed by atoms with Crippen LogP contribution in [0.4, 0.5) is 0 Å². The summed E-state index contributed by atoms with van der Waals surface area (Å²) in [5.41, 5.74) is 15.1. The molecule has 0 saturated carbocycles. The monoisotopic (exact) mass is 203 g/mol. The van der Waals surface area contributed by atoms with Crippen molar-refractivity contribution in [2.75, 3.05) is 6.54 Å². The lowest BCUT2D eigenvalue weighted by molar-refractivity contribution is 0.681. The molecule has 1 atom stereocenters. The second kappa shape index (κ2) is 4.04. The van der Waals surface area contributed by atoms with Crippen LogP contribution < -0.4 is 11.5 Å². The Morgan fingerprint density at radius 1 is 1.40 bits per heavy atom. The van der Waals surface area contributed by atoms with Gasteiger partial charge in [-0.25, -0.2) is 0 Å². The van der Waals surface area contributed by atoms with Gasteiger partial charge < -0.3 is 16.5 Å². The summed E-state index contributed by atoms with van der Waals surface area (Å²) >= 11 is 0. The fourth-order valence-electron chi connectivity index (χ4n) is 1.83. The van der Waals surface area contributed by atoms with Gasteiger partial charge in [0.15, 0.2) is 0 Å². The molecule has 0 bridgehead atoms. The van der Waals surface area contributed by atoms with Gasteiger partial charge in [-0.2, -0.15) is 0 Å². The number of nitrogens with one attached hydrogen (secondary N) is 1. The Kier molecular flexibility index (Phi) is 2.75. The Hall–Kier alpha value is -1.32. The number of aromatic amines is 1. The molecular weight excluding hydrogens is 186 g/mol. The largest absolute Gasteiger partial charge is 0.361 e. The topological polar surface area (TPSA) is 67.8 Å². The molecule has 15 heavy (non-hydrogen) atoms. The van der Waals surface area contributed by atoms with Crippen molar-refractivity contribution in [3.05, 3.63) is 35.5 Å². The van der Waals surface area contributed by atoms with Crippen LogP contribution in [0, 0.1) is 6.92 Å². The van der Waals surface area contributed by atoms with Gasteiger partial charge in [0.2, 0.25) is 0 Å². The van der Waals surface area contributed by atoms with Crippen molar-refractivity contribution in [3.8, 4) is 0 Å². The molecule has 0 radical (unpaired) electrons. The second-order valence-electron chi connectivity index (χ2n) is 4.06. The van der Waals surface area contributed by atoms with Crippen LogP contribution in [0.15, 0.2) is 24.4 Å². The van der Waals surface area contributed by atoms with Crippen LogP contribution >= 0.6 is 0 Å². The highest BCUT2D eigenvalue weighted by Crippen LogP contribution is 2.20. The first-order chi connectivity index (χ1) is 7.20. The van der Waals surface area contributed by atoms with Crippen molar-refractivity contribution in [1.29, 1.82) is 0 Å². The standard InChI is InChI=1S/C12H17N3/c1-8-2-3-12-11(4-8)9(7-15-12)5-10(14)6-13/h2-4,7,10,15H,5-6,13-14H2,1H3/t10-/m1/s1. The van der Waals surface area contributed by atoms with Gasteiger partial charge in [0.25, 0.3) is 0 Å². The van der Waals surface area contributed by atoms with E-state index >= 15 is 0 Å². The van der Waals surface area contributed by atoms with Gasteiger partial charge in [0, 0.05) is 29.7 Å². The highest BCUT2D eigenvalue weighted by atomic mass is 14.7. The van der Waals surface area contributed by atoms with E-state index in [0.717, 1.165) is 6.42 Å². The molecule has 0 amide bonds. The first-order valence-electron chi connectivity index (χ1n) is 5.23. The molecule has 1 aromatic carbocycles. The van der Waals surface area contributed by atoms with E-state index in [-0.39, 0.29) is 6.04 Å². The number of H-pyrrole nitrogens is 1. The third kappa shape index (κ3) is 2.03. The van der Waals surface area contributed by atoms with Gasteiger partial charge in [0.1, 0.15) is 0 Å². The number of fused-ring (bicyclic) bond motifs is 1. The van der Waals surface area contributed by atoms with E-state index in [2.05, 4.69) is 30.1 Å². The van der Waals surface area contributed by atoms with E-state index in [0.29, 0.717) is 6.54 Å². The van der Waals surface area contributed by atoms with Gasteiger partial charge in [0.05, 0.1) is 0 Å². The summed E-state index contributed by atoms with van der Waals surface area (Å²) in [6, 6.07) is 6.43. The molecule has 0 saturated heterocycles. The van der Waals surface area contributed by atoms with Gasteiger partial charge in [-0.3, -0.25) is 0 Å². The maximum Gasteiger partial charge on any atom is 0.0456 e. The molecule has 2 aromatic rings. The summed E-state index contributed by atoms with van der Waals surface area (Å²) in [5.74, 6) is 0. The van der Waals surface area contributed by atoms with Crippen LogP contribution in [-0.2, 0) is 6.42 Å². The van der Waals surface area contributed by atoms with Crippen LogP contribution in [0.25, 0.3) is 10.9 Å². The quantitative estimate of drug-likeness (QED) is 0.704. The molecule has 1 aromatic heterocycles. The van der Waals surface area contributed by atoms with Crippen LogP contribution in [0.3, 0.4) is 0 Å². The van der Waals surface area contributed by atoms with Crippen molar-refractivity contribution < 1.29 is 0 Å². The summed E-state index contributed by atoms with van der Waals surface area (Å²) in [5, 5.41) is 1.26. The summed E-state index contributed by atoms with van der Waals surface area (Å²) < 4.78 is 0. The lowest BCUT2D eigenvalue weighted by atomic mass is 10.0. The average Bonchev–Trinajstić information content (AvgIpc) is 2.61. The predicted molar refractivity (Wildman–Crippen MR) is 63.8 cm³/mol. The van der Waals surface area contributed by atoms with Crippen LogP contribution in [0.1, 0.15) is 11.1 Å². The first-order valence-corrected chi connectivity index (χ1v) is 5.23. The molecule has 3 nitrogen and oxygen atoms in total. The van der Waals surface area contributed by atoms with Crippen molar-refractivity contribution in [3.63, 3.8) is 0 Å². The minimum absolute atomic E-state index is 0.0458. The molecule has 3 heteroatoms. The molecule has 0 fully saturated rings. The highest BCUT2D eigenvalue weighted by Gasteiger charge is 2.07. The van der Waals surface area contributed by atoms with E-state index in [4.69, 9.17) is 11.5 Å². The van der Waals surface area contributed by atoms with Crippen molar-refractivity contribution in [1.82, 2.24) is 4.98 Å². The van der Waals surface area contributed by atoms with Gasteiger partial charge in [-0.15, -0.1) is 0 Å². The van der Waals surface area contributed by atoms with E-state index in [1.165, 1.54) is 22.0 Å². The molecule has 0 aliphatic carbocycles. The first kappa shape index (κ1) is 10.2. The Labute approximate surface area is 89.5 Å². The maximum atomic E-state index is 5.85. The summed E-state index contributed by atoms with van der Waals surface area (Å²) in [7, 11) is 0. The lowest BCUT2D eigenvalue weighted by Crippen LogP contribution is -2.31. The number of hydrogen-bond acceptors (Lipinski definition) is 2. The van der Waals surface area contributed by atoms with Gasteiger partial charge >= 0.3 is 0 Å². The zero-order chi connectivity index (χ0) is 10.8.